The number of rotatable bonds is 2. The predicted octanol–water partition coefficient (Wildman–Crippen LogP) is 1.66. The molecular formula is C13H11IN4O3S. The second-order valence-corrected chi connectivity index (χ2v) is 6.78. The fourth-order valence-electron chi connectivity index (χ4n) is 2.68. The highest BCUT2D eigenvalue weighted by Crippen LogP contribution is 2.32. The fourth-order valence-corrected chi connectivity index (χ4v) is 3.35. The normalized spacial score (nSPS) is 27.3. The van der Waals surface area contributed by atoms with Gasteiger partial charge in [0, 0.05) is 9.99 Å². The standard InChI is InChI=1S/C13H11IN4O3S/c14-7-1-3-8(4-2-7)17-13(22)18(16-15-17)9-5-10(19)12-20-6-11(9)21-12/h1-4,9,11-12H,5-6H2. The summed E-state index contributed by atoms with van der Waals surface area (Å²) in [4.78, 5) is 11.9. The van der Waals surface area contributed by atoms with Gasteiger partial charge < -0.3 is 9.47 Å². The Hall–Kier alpha value is -1.17. The first kappa shape index (κ1) is 14.4. The second-order valence-electron chi connectivity index (χ2n) is 5.17. The topological polar surface area (TPSA) is 71.2 Å². The van der Waals surface area contributed by atoms with Gasteiger partial charge in [-0.1, -0.05) is 0 Å². The third kappa shape index (κ3) is 2.32. The van der Waals surface area contributed by atoms with Crippen molar-refractivity contribution in [3.8, 4) is 5.69 Å². The Kier molecular flexibility index (Phi) is 3.59. The average molecular weight is 430 g/mol. The molecule has 1 aromatic carbocycles. The number of tetrazole rings is 1. The summed E-state index contributed by atoms with van der Waals surface area (Å²) in [5.41, 5.74) is 0.834. The molecule has 0 radical (unpaired) electrons. The Morgan fingerprint density at radius 2 is 2.05 bits per heavy atom. The summed E-state index contributed by atoms with van der Waals surface area (Å²) in [5, 5.41) is 8.24. The number of fused-ring (bicyclic) bond motifs is 2. The number of benzene rings is 1. The molecule has 2 aromatic rings. The molecule has 3 unspecified atom stereocenters. The van der Waals surface area contributed by atoms with Crippen LogP contribution in [-0.4, -0.2) is 44.6 Å². The van der Waals surface area contributed by atoms with Crippen LogP contribution >= 0.6 is 34.8 Å². The number of nitrogens with zero attached hydrogens (tertiary/aromatic N) is 4. The summed E-state index contributed by atoms with van der Waals surface area (Å²) in [5.74, 6) is -0.0792. The molecule has 0 N–H and O–H groups in total. The lowest BCUT2D eigenvalue weighted by atomic mass is 10.0. The molecule has 1 aromatic heterocycles. The van der Waals surface area contributed by atoms with E-state index in [0.29, 0.717) is 17.8 Å². The Bertz CT molecular complexity index is 787. The van der Waals surface area contributed by atoms with Crippen molar-refractivity contribution in [3.63, 3.8) is 0 Å². The summed E-state index contributed by atoms with van der Waals surface area (Å²) in [6.45, 7) is 0.374. The highest BCUT2D eigenvalue weighted by atomic mass is 127. The Morgan fingerprint density at radius 1 is 1.27 bits per heavy atom. The summed E-state index contributed by atoms with van der Waals surface area (Å²) in [6, 6.07) is 7.52. The molecule has 7 nitrogen and oxygen atoms in total. The van der Waals surface area contributed by atoms with Crippen LogP contribution in [0.1, 0.15) is 12.5 Å². The molecule has 2 aliphatic heterocycles. The Balaban J connectivity index is 1.71. The van der Waals surface area contributed by atoms with Crippen molar-refractivity contribution in [3.05, 3.63) is 32.6 Å². The zero-order valence-corrected chi connectivity index (χ0v) is 14.2. The minimum absolute atomic E-state index is 0.0792. The van der Waals surface area contributed by atoms with Gasteiger partial charge in [-0.25, -0.2) is 4.68 Å². The molecule has 4 rings (SSSR count). The lowest BCUT2D eigenvalue weighted by Crippen LogP contribution is -2.37. The van der Waals surface area contributed by atoms with E-state index in [1.165, 1.54) is 0 Å². The maximum atomic E-state index is 11.9. The molecule has 2 aliphatic rings. The van der Waals surface area contributed by atoms with Gasteiger partial charge in [0.15, 0.2) is 5.78 Å². The summed E-state index contributed by atoms with van der Waals surface area (Å²) < 4.78 is 15.6. The lowest BCUT2D eigenvalue weighted by molar-refractivity contribution is -0.156. The molecule has 22 heavy (non-hydrogen) atoms. The van der Waals surface area contributed by atoms with E-state index in [1.807, 2.05) is 24.3 Å². The number of carbonyl (C=O) groups is 1. The third-order valence-electron chi connectivity index (χ3n) is 3.80. The van der Waals surface area contributed by atoms with Crippen LogP contribution in [0.25, 0.3) is 5.69 Å². The quantitative estimate of drug-likeness (QED) is 0.533. The molecule has 3 atom stereocenters. The number of ketones is 1. The van der Waals surface area contributed by atoms with Crippen LogP contribution in [0.4, 0.5) is 0 Å². The number of carbonyl (C=O) groups excluding carboxylic acids is 1. The molecule has 0 amide bonds. The van der Waals surface area contributed by atoms with E-state index in [4.69, 9.17) is 21.7 Å². The number of ether oxygens (including phenoxy) is 2. The van der Waals surface area contributed by atoms with Gasteiger partial charge in [-0.15, -0.1) is 0 Å². The van der Waals surface area contributed by atoms with Crippen molar-refractivity contribution in [2.75, 3.05) is 6.61 Å². The molecule has 3 heterocycles. The molecule has 0 saturated carbocycles. The molecule has 9 heteroatoms. The SMILES string of the molecule is O=C1CC(n2nnn(-c3ccc(I)cc3)c2=S)C2COC1O2. The molecule has 2 saturated heterocycles. The van der Waals surface area contributed by atoms with Gasteiger partial charge in [-0.3, -0.25) is 4.79 Å². The highest BCUT2D eigenvalue weighted by Gasteiger charge is 2.45. The van der Waals surface area contributed by atoms with E-state index >= 15 is 0 Å². The summed E-state index contributed by atoms with van der Waals surface area (Å²) >= 11 is 7.70. The monoisotopic (exact) mass is 430 g/mol. The van der Waals surface area contributed by atoms with Crippen molar-refractivity contribution in [1.82, 2.24) is 19.8 Å². The Morgan fingerprint density at radius 3 is 2.82 bits per heavy atom. The van der Waals surface area contributed by atoms with Crippen LogP contribution in [0.15, 0.2) is 24.3 Å². The van der Waals surface area contributed by atoms with Crippen molar-refractivity contribution in [2.45, 2.75) is 24.9 Å². The van der Waals surface area contributed by atoms with Crippen LogP contribution < -0.4 is 0 Å². The van der Waals surface area contributed by atoms with Gasteiger partial charge in [-0.2, -0.15) is 4.68 Å². The minimum Gasteiger partial charge on any atom is -0.343 e. The number of Topliss-reactive ketones (excluding diaryl/α,β-unsaturated/α-hetero) is 1. The number of halogens is 1. The smallest absolute Gasteiger partial charge is 0.221 e. The van der Waals surface area contributed by atoms with E-state index in [0.717, 1.165) is 9.26 Å². The second kappa shape index (κ2) is 5.48. The van der Waals surface area contributed by atoms with Crippen LogP contribution in [0.5, 0.6) is 0 Å². The molecule has 2 bridgehead atoms. The number of hydrogen-bond acceptors (Lipinski definition) is 6. The third-order valence-corrected chi connectivity index (χ3v) is 4.88. The Labute approximate surface area is 144 Å². The first-order valence-electron chi connectivity index (χ1n) is 6.74. The van der Waals surface area contributed by atoms with Crippen molar-refractivity contribution >= 4 is 40.6 Å². The zero-order chi connectivity index (χ0) is 15.3. The molecule has 114 valence electrons. The van der Waals surface area contributed by atoms with Gasteiger partial charge in [-0.05, 0) is 69.5 Å². The number of hydrogen-bond donors (Lipinski definition) is 0. The van der Waals surface area contributed by atoms with E-state index in [-0.39, 0.29) is 17.9 Å². The lowest BCUT2D eigenvalue weighted by Gasteiger charge is -2.25. The maximum absolute atomic E-state index is 11.9. The van der Waals surface area contributed by atoms with Gasteiger partial charge >= 0.3 is 0 Å². The molecular weight excluding hydrogens is 419 g/mol. The van der Waals surface area contributed by atoms with Crippen LogP contribution in [0.3, 0.4) is 0 Å². The van der Waals surface area contributed by atoms with Crippen molar-refractivity contribution in [1.29, 1.82) is 0 Å². The number of aromatic nitrogens is 4. The van der Waals surface area contributed by atoms with E-state index in [9.17, 15) is 4.79 Å². The van der Waals surface area contributed by atoms with Gasteiger partial charge in [0.1, 0.15) is 6.10 Å². The first-order chi connectivity index (χ1) is 10.6. The van der Waals surface area contributed by atoms with Crippen LogP contribution in [-0.2, 0) is 14.3 Å². The molecule has 0 spiro atoms. The van der Waals surface area contributed by atoms with E-state index in [2.05, 4.69) is 33.0 Å². The van der Waals surface area contributed by atoms with Crippen molar-refractivity contribution < 1.29 is 14.3 Å². The minimum atomic E-state index is -0.721. The van der Waals surface area contributed by atoms with Gasteiger partial charge in [0.05, 0.1) is 18.3 Å². The molecule has 0 aliphatic carbocycles. The fraction of sp³-hybridized carbons (Fsp3) is 0.385. The van der Waals surface area contributed by atoms with Gasteiger partial charge in [0.25, 0.3) is 0 Å². The van der Waals surface area contributed by atoms with E-state index < -0.39 is 6.29 Å². The predicted molar refractivity (Wildman–Crippen MR) is 86.2 cm³/mol. The van der Waals surface area contributed by atoms with Crippen LogP contribution in [0, 0.1) is 8.34 Å². The van der Waals surface area contributed by atoms with Gasteiger partial charge in [0.2, 0.25) is 11.1 Å². The van der Waals surface area contributed by atoms with Crippen LogP contribution in [0.2, 0.25) is 0 Å². The highest BCUT2D eigenvalue weighted by molar-refractivity contribution is 14.1. The average Bonchev–Trinajstić information content (AvgIpc) is 3.10. The maximum Gasteiger partial charge on any atom is 0.221 e. The largest absolute Gasteiger partial charge is 0.343 e. The molecule has 2 fully saturated rings. The first-order valence-corrected chi connectivity index (χ1v) is 8.22. The summed E-state index contributed by atoms with van der Waals surface area (Å²) in [6.07, 6.45) is -0.632. The summed E-state index contributed by atoms with van der Waals surface area (Å²) in [7, 11) is 0. The van der Waals surface area contributed by atoms with Crippen molar-refractivity contribution in [2.24, 2.45) is 0 Å². The van der Waals surface area contributed by atoms with E-state index in [1.54, 1.807) is 9.36 Å². The zero-order valence-electron chi connectivity index (χ0n) is 11.3.